The van der Waals surface area contributed by atoms with Crippen LogP contribution in [0.1, 0.15) is 72.3 Å². The normalized spacial score (nSPS) is 20.7. The molecule has 2 aromatic heterocycles. The van der Waals surface area contributed by atoms with Crippen LogP contribution < -0.4 is 9.47 Å². The number of nitrogens with one attached hydrogen (secondary N) is 1. The van der Waals surface area contributed by atoms with Crippen molar-refractivity contribution in [3.63, 3.8) is 0 Å². The molecule has 0 bridgehead atoms. The summed E-state index contributed by atoms with van der Waals surface area (Å²) in [5.74, 6) is -1.61. The van der Waals surface area contributed by atoms with Crippen LogP contribution in [-0.2, 0) is 31.1 Å². The lowest BCUT2D eigenvalue weighted by atomic mass is 9.88. The van der Waals surface area contributed by atoms with Gasteiger partial charge in [0.05, 0.1) is 33.3 Å². The predicted octanol–water partition coefficient (Wildman–Crippen LogP) is 8.43. The highest BCUT2D eigenvalue weighted by molar-refractivity contribution is 6.31. The number of likely N-dealkylation sites (tertiary alicyclic amines) is 1. The molecule has 1 saturated carbocycles. The number of hydrogen-bond donors (Lipinski definition) is 1. The van der Waals surface area contributed by atoms with Crippen LogP contribution in [0.3, 0.4) is 0 Å². The maximum absolute atomic E-state index is 13.2. The number of alkyl halides is 6. The minimum absolute atomic E-state index is 0.108. The number of halogens is 7. The van der Waals surface area contributed by atoms with Crippen molar-refractivity contribution in [2.24, 2.45) is 5.41 Å². The minimum Gasteiger partial charge on any atom is -0.444 e. The van der Waals surface area contributed by atoms with Crippen molar-refractivity contribution in [2.45, 2.75) is 69.6 Å². The molecule has 7 rings (SSSR count). The smallest absolute Gasteiger partial charge is 0.444 e. The minimum atomic E-state index is -4.66. The average Bonchev–Trinajstić information content (AvgIpc) is 3.45. The van der Waals surface area contributed by atoms with E-state index in [1.54, 1.807) is 19.1 Å². The van der Waals surface area contributed by atoms with Crippen molar-refractivity contribution >= 4 is 11.6 Å². The SMILES string of the molecule is C[C@]1(c2ccc(C(F)(F)F)cc2Cl)Oc2cccc(C3CCN(Cc4ncc(-c5n[nH]c(C(F)(F)F)n5)cc4CC4(C#N)CC4)CC3)c2O1. The van der Waals surface area contributed by atoms with Crippen LogP contribution in [0, 0.1) is 16.7 Å². The molecule has 0 unspecified atom stereocenters. The van der Waals surface area contributed by atoms with Crippen LogP contribution in [0.15, 0.2) is 48.7 Å². The second kappa shape index (κ2) is 11.9. The summed E-state index contributed by atoms with van der Waals surface area (Å²) < 4.78 is 91.5. The summed E-state index contributed by atoms with van der Waals surface area (Å²) in [6.45, 7) is 3.53. The third-order valence-electron chi connectivity index (χ3n) is 9.49. The fraction of sp³-hybridized carbons (Fsp3) is 0.412. The summed E-state index contributed by atoms with van der Waals surface area (Å²) >= 11 is 6.30. The molecule has 49 heavy (non-hydrogen) atoms. The zero-order valence-electron chi connectivity index (χ0n) is 26.1. The van der Waals surface area contributed by atoms with E-state index in [4.69, 9.17) is 21.1 Å². The van der Waals surface area contributed by atoms with Crippen molar-refractivity contribution < 1.29 is 35.8 Å². The van der Waals surface area contributed by atoms with E-state index >= 15 is 0 Å². The fourth-order valence-corrected chi connectivity index (χ4v) is 6.92. The number of rotatable bonds is 7. The van der Waals surface area contributed by atoms with E-state index in [2.05, 4.69) is 26.0 Å². The number of pyridine rings is 1. The molecule has 1 atom stereocenters. The number of hydrogen-bond acceptors (Lipinski definition) is 7. The molecular weight excluding hydrogens is 674 g/mol. The summed E-state index contributed by atoms with van der Waals surface area (Å²) in [6.07, 6.45) is -4.28. The van der Waals surface area contributed by atoms with Gasteiger partial charge >= 0.3 is 12.4 Å². The van der Waals surface area contributed by atoms with Crippen molar-refractivity contribution in [1.82, 2.24) is 25.1 Å². The fourth-order valence-electron chi connectivity index (χ4n) is 6.57. The number of para-hydroxylation sites is 1. The highest BCUT2D eigenvalue weighted by Crippen LogP contribution is 2.51. The van der Waals surface area contributed by atoms with Gasteiger partial charge in [-0.1, -0.05) is 23.7 Å². The van der Waals surface area contributed by atoms with Crippen LogP contribution in [0.5, 0.6) is 11.5 Å². The first-order valence-electron chi connectivity index (χ1n) is 15.7. The van der Waals surface area contributed by atoms with Crippen LogP contribution >= 0.6 is 11.6 Å². The zero-order chi connectivity index (χ0) is 34.8. The summed E-state index contributed by atoms with van der Waals surface area (Å²) in [5, 5.41) is 15.3. The number of benzene rings is 2. The number of nitriles is 1. The van der Waals surface area contributed by atoms with E-state index in [-0.39, 0.29) is 22.3 Å². The Bertz CT molecular complexity index is 1940. The molecule has 2 aromatic carbocycles. The Morgan fingerprint density at radius 1 is 1.04 bits per heavy atom. The van der Waals surface area contributed by atoms with Gasteiger partial charge in [-0.15, -0.1) is 0 Å². The molecule has 0 radical (unpaired) electrons. The number of piperidine rings is 1. The molecule has 4 heterocycles. The van der Waals surface area contributed by atoms with Gasteiger partial charge in [-0.2, -0.15) is 36.7 Å². The zero-order valence-corrected chi connectivity index (χ0v) is 26.8. The maximum atomic E-state index is 13.2. The quantitative estimate of drug-likeness (QED) is 0.193. The number of aromatic amines is 1. The molecule has 1 saturated heterocycles. The molecule has 3 aliphatic rings. The number of H-pyrrole nitrogens is 1. The molecule has 8 nitrogen and oxygen atoms in total. The van der Waals surface area contributed by atoms with Gasteiger partial charge in [0, 0.05) is 30.8 Å². The largest absolute Gasteiger partial charge is 0.451 e. The number of aromatic nitrogens is 4. The van der Waals surface area contributed by atoms with Gasteiger partial charge in [0.25, 0.3) is 5.79 Å². The van der Waals surface area contributed by atoms with Crippen molar-refractivity contribution in [2.75, 3.05) is 13.1 Å². The first kappa shape index (κ1) is 33.2. The topological polar surface area (TPSA) is 100.0 Å². The van der Waals surface area contributed by atoms with E-state index in [0.717, 1.165) is 54.6 Å². The van der Waals surface area contributed by atoms with Crippen LogP contribution in [0.25, 0.3) is 11.4 Å². The average molecular weight is 703 g/mol. The standard InChI is InChI=1S/C34H29ClF6N6O2/c1-31(24-6-5-22(14-25(24)35)33(36,37)38)48-27-4-2-3-23(28(27)49-31)19-7-11-47(12-8-19)17-26-20(15-32(18-42)9-10-32)13-21(16-43-26)29-44-30(46-45-29)34(39,40)41/h2-6,13-14,16,19H,7-12,15,17H2,1H3,(H,44,45,46)/t31-/m0/s1. The van der Waals surface area contributed by atoms with E-state index in [1.165, 1.54) is 12.3 Å². The summed E-state index contributed by atoms with van der Waals surface area (Å²) in [5.41, 5.74) is 1.71. The van der Waals surface area contributed by atoms with E-state index in [0.29, 0.717) is 43.1 Å². The lowest BCUT2D eigenvalue weighted by Crippen LogP contribution is -2.34. The first-order chi connectivity index (χ1) is 23.2. The molecule has 15 heteroatoms. The molecule has 1 aliphatic carbocycles. The van der Waals surface area contributed by atoms with Gasteiger partial charge in [-0.05, 0) is 87.0 Å². The van der Waals surface area contributed by atoms with Crippen LogP contribution in [0.2, 0.25) is 5.02 Å². The first-order valence-corrected chi connectivity index (χ1v) is 16.0. The molecule has 256 valence electrons. The summed E-state index contributed by atoms with van der Waals surface area (Å²) in [6, 6.07) is 12.8. The Hall–Kier alpha value is -4.35. The van der Waals surface area contributed by atoms with Gasteiger partial charge in [0.2, 0.25) is 5.82 Å². The van der Waals surface area contributed by atoms with E-state index in [9.17, 15) is 31.6 Å². The number of fused-ring (bicyclic) bond motifs is 1. The molecular formula is C34H29ClF6N6O2. The highest BCUT2D eigenvalue weighted by atomic mass is 35.5. The van der Waals surface area contributed by atoms with Crippen LogP contribution in [-0.4, -0.2) is 38.2 Å². The Balaban J connectivity index is 1.06. The second-order valence-electron chi connectivity index (χ2n) is 13.0. The highest BCUT2D eigenvalue weighted by Gasteiger charge is 2.45. The third kappa shape index (κ3) is 6.53. The van der Waals surface area contributed by atoms with E-state index < -0.39 is 34.9 Å². The van der Waals surface area contributed by atoms with Gasteiger partial charge in [0.15, 0.2) is 17.3 Å². The lowest BCUT2D eigenvalue weighted by Gasteiger charge is -2.33. The van der Waals surface area contributed by atoms with Gasteiger partial charge in [0.1, 0.15) is 0 Å². The number of nitrogens with zero attached hydrogens (tertiary/aromatic N) is 5. The molecule has 0 amide bonds. The Morgan fingerprint density at radius 3 is 2.43 bits per heavy atom. The van der Waals surface area contributed by atoms with Crippen molar-refractivity contribution in [3.05, 3.63) is 87.5 Å². The number of ether oxygens (including phenoxy) is 2. The van der Waals surface area contributed by atoms with Gasteiger partial charge in [-0.3, -0.25) is 15.0 Å². The lowest BCUT2D eigenvalue weighted by molar-refractivity contribution is -0.144. The summed E-state index contributed by atoms with van der Waals surface area (Å²) in [4.78, 5) is 10.5. The Morgan fingerprint density at radius 2 is 1.80 bits per heavy atom. The monoisotopic (exact) mass is 702 g/mol. The van der Waals surface area contributed by atoms with Crippen molar-refractivity contribution in [1.29, 1.82) is 5.26 Å². The van der Waals surface area contributed by atoms with E-state index in [1.807, 2.05) is 17.2 Å². The molecule has 4 aromatic rings. The molecule has 2 fully saturated rings. The third-order valence-corrected chi connectivity index (χ3v) is 9.80. The second-order valence-corrected chi connectivity index (χ2v) is 13.4. The Labute approximate surface area is 282 Å². The molecule has 1 N–H and O–H groups in total. The summed E-state index contributed by atoms with van der Waals surface area (Å²) in [7, 11) is 0. The van der Waals surface area contributed by atoms with Gasteiger partial charge < -0.3 is 9.47 Å². The molecule has 2 aliphatic heterocycles. The molecule has 0 spiro atoms. The predicted molar refractivity (Wildman–Crippen MR) is 164 cm³/mol. The van der Waals surface area contributed by atoms with Crippen LogP contribution in [0.4, 0.5) is 26.3 Å². The maximum Gasteiger partial charge on any atom is 0.451 e. The van der Waals surface area contributed by atoms with Gasteiger partial charge in [-0.25, -0.2) is 4.98 Å². The van der Waals surface area contributed by atoms with Crippen molar-refractivity contribution in [3.8, 4) is 29.0 Å². The Kier molecular flexibility index (Phi) is 8.06.